The molecule has 1 amide bonds. The van der Waals surface area contributed by atoms with Crippen molar-refractivity contribution in [3.05, 3.63) is 91.5 Å². The van der Waals surface area contributed by atoms with Crippen LogP contribution >= 0.6 is 7.92 Å². The van der Waals surface area contributed by atoms with Gasteiger partial charge in [-0.1, -0.05) is 60.7 Å². The minimum absolute atomic E-state index is 0.0616. The third-order valence-electron chi connectivity index (χ3n) is 3.70. The number of amides is 1. The Morgan fingerprint density at radius 1 is 0.917 bits per heavy atom. The molecule has 2 aromatic carbocycles. The first-order valence-corrected chi connectivity index (χ1v) is 9.20. The molecule has 5 radical (unpaired) electrons. The monoisotopic (exact) mass is 336 g/mol. The number of hydrogen-bond donors (Lipinski definition) is 2. The van der Waals surface area contributed by atoms with Crippen LogP contribution in [0.3, 0.4) is 0 Å². The average Bonchev–Trinajstić information content (AvgIpc) is 3.11. The molecule has 1 saturated carbocycles. The molecule has 0 spiro atoms. The highest BCUT2D eigenvalue weighted by Gasteiger charge is 2.40. The normalized spacial score (nSPS) is 15.8. The Labute approximate surface area is 144 Å². The fraction of sp³-hybridized carbons (Fsp3) is 0.100. The maximum Gasteiger partial charge on any atom is 0.228 e. The minimum Gasteiger partial charge on any atom is -0.395 e. The number of carbonyl (C=O) groups is 1. The van der Waals surface area contributed by atoms with Gasteiger partial charge in [0.05, 0.1) is 12.5 Å². The van der Waals surface area contributed by atoms with Crippen molar-refractivity contribution in [1.82, 2.24) is 5.32 Å². The summed E-state index contributed by atoms with van der Waals surface area (Å²) in [6, 6.07) is 20.6. The summed E-state index contributed by atoms with van der Waals surface area (Å²) >= 11 is 0. The van der Waals surface area contributed by atoms with Crippen LogP contribution in [0.25, 0.3) is 0 Å². The quantitative estimate of drug-likeness (QED) is 0.793. The predicted octanol–water partition coefficient (Wildman–Crippen LogP) is 1.96. The van der Waals surface area contributed by atoms with Crippen molar-refractivity contribution in [2.45, 2.75) is 0 Å². The van der Waals surface area contributed by atoms with Crippen molar-refractivity contribution in [3.63, 3.8) is 0 Å². The maximum atomic E-state index is 12.4. The van der Waals surface area contributed by atoms with Crippen molar-refractivity contribution >= 4 is 24.4 Å². The van der Waals surface area contributed by atoms with Gasteiger partial charge >= 0.3 is 0 Å². The van der Waals surface area contributed by atoms with Crippen LogP contribution in [-0.4, -0.2) is 24.2 Å². The van der Waals surface area contributed by atoms with Crippen molar-refractivity contribution < 1.29 is 9.90 Å². The molecule has 3 nitrogen and oxygen atoms in total. The molecule has 121 valence electrons. The van der Waals surface area contributed by atoms with E-state index >= 15 is 0 Å². The van der Waals surface area contributed by atoms with Crippen LogP contribution < -0.4 is 15.9 Å². The Balaban J connectivity index is 1.92. The highest BCUT2D eigenvalue weighted by atomic mass is 31.1. The Hall–Kier alpha value is -1.70. The summed E-state index contributed by atoms with van der Waals surface area (Å²) in [5.41, 5.74) is 1.04. The number of rotatable bonds is 6. The molecule has 4 heteroatoms. The molecule has 0 atom stereocenters. The third-order valence-corrected chi connectivity index (χ3v) is 6.21. The van der Waals surface area contributed by atoms with E-state index in [0.29, 0.717) is 5.92 Å². The van der Waals surface area contributed by atoms with Gasteiger partial charge in [-0.05, 0) is 37.8 Å². The number of hydrogen-bond acceptors (Lipinski definition) is 2. The molecule has 1 aliphatic rings. The van der Waals surface area contributed by atoms with Crippen LogP contribution in [0.2, 0.25) is 0 Å². The molecule has 2 N–H and O–H groups in total. The number of nitrogens with one attached hydrogen (secondary N) is 1. The number of benzene rings is 2. The smallest absolute Gasteiger partial charge is 0.228 e. The zero-order valence-electron chi connectivity index (χ0n) is 13.2. The van der Waals surface area contributed by atoms with Gasteiger partial charge in [-0.2, -0.15) is 0 Å². The van der Waals surface area contributed by atoms with Gasteiger partial charge in [0.15, 0.2) is 0 Å². The fourth-order valence-electron chi connectivity index (χ4n) is 2.64. The van der Waals surface area contributed by atoms with Crippen molar-refractivity contribution in [3.8, 4) is 0 Å². The molecule has 0 aromatic heterocycles. The van der Waals surface area contributed by atoms with E-state index in [2.05, 4.69) is 29.6 Å². The van der Waals surface area contributed by atoms with Crippen LogP contribution in [-0.2, 0) is 4.79 Å². The van der Waals surface area contributed by atoms with Gasteiger partial charge in [-0.3, -0.25) is 4.79 Å². The van der Waals surface area contributed by atoms with Crippen molar-refractivity contribution in [2.75, 3.05) is 13.2 Å². The Morgan fingerprint density at radius 2 is 1.50 bits per heavy atom. The van der Waals surface area contributed by atoms with Gasteiger partial charge < -0.3 is 10.4 Å². The van der Waals surface area contributed by atoms with E-state index in [0.717, 1.165) is 5.66 Å². The molecule has 0 aliphatic heterocycles. The fourth-order valence-corrected chi connectivity index (χ4v) is 5.09. The highest BCUT2D eigenvalue weighted by Crippen LogP contribution is 2.55. The second-order valence-electron chi connectivity index (χ2n) is 5.31. The first-order chi connectivity index (χ1) is 11.8. The number of carbonyl (C=O) groups excluding carboxylic acids is 1. The molecule has 0 bridgehead atoms. The molecule has 0 saturated heterocycles. The molecular weight excluding hydrogens is 317 g/mol. The van der Waals surface area contributed by atoms with E-state index in [1.54, 1.807) is 0 Å². The largest absolute Gasteiger partial charge is 0.395 e. The SMILES string of the molecule is O=C(NCCO)[C]1[CH][CH][CH][C]1P(c1ccccc1)c1ccccc1. The van der Waals surface area contributed by atoms with E-state index in [4.69, 9.17) is 5.11 Å². The summed E-state index contributed by atoms with van der Waals surface area (Å²) in [7, 11) is -0.801. The Kier molecular flexibility index (Phi) is 6.01. The lowest BCUT2D eigenvalue weighted by molar-refractivity contribution is -0.118. The van der Waals surface area contributed by atoms with Gasteiger partial charge in [0, 0.05) is 12.2 Å². The van der Waals surface area contributed by atoms with Gasteiger partial charge in [-0.25, -0.2) is 0 Å². The summed E-state index contributed by atoms with van der Waals surface area (Å²) in [4.78, 5) is 12.4. The van der Waals surface area contributed by atoms with Gasteiger partial charge in [-0.15, -0.1) is 0 Å². The first kappa shape index (κ1) is 17.1. The molecule has 3 rings (SSSR count). The first-order valence-electron chi connectivity index (χ1n) is 7.86. The standard InChI is InChI=1S/C20H19NO2P/c22-15-14-21-20(23)18-12-7-13-19(18)24(16-8-3-1-4-9-16)17-10-5-2-6-11-17/h1-13,22H,14-15H2,(H,21,23). The summed E-state index contributed by atoms with van der Waals surface area (Å²) < 4.78 is 0. The third kappa shape index (κ3) is 3.85. The lowest BCUT2D eigenvalue weighted by Crippen LogP contribution is -2.34. The molecule has 1 aliphatic carbocycles. The van der Waals surface area contributed by atoms with Crippen molar-refractivity contribution in [2.24, 2.45) is 0 Å². The molecule has 0 unspecified atom stereocenters. The summed E-state index contributed by atoms with van der Waals surface area (Å²) in [5.74, 6) is 0.547. The summed E-state index contributed by atoms with van der Waals surface area (Å²) in [6.07, 6.45) is 5.80. The lowest BCUT2D eigenvalue weighted by Gasteiger charge is -2.28. The number of aliphatic hydroxyl groups excluding tert-OH is 1. The number of aliphatic hydroxyl groups is 1. The van der Waals surface area contributed by atoms with Crippen LogP contribution in [0.1, 0.15) is 0 Å². The summed E-state index contributed by atoms with van der Waals surface area (Å²) in [5, 5.41) is 14.1. The average molecular weight is 336 g/mol. The summed E-state index contributed by atoms with van der Waals surface area (Å²) in [6.45, 7) is 0.200. The molecular formula is C20H19NO2P. The second kappa shape index (κ2) is 8.41. The topological polar surface area (TPSA) is 49.3 Å². The van der Waals surface area contributed by atoms with E-state index in [1.165, 1.54) is 10.6 Å². The predicted molar refractivity (Wildman–Crippen MR) is 98.6 cm³/mol. The molecule has 24 heavy (non-hydrogen) atoms. The van der Waals surface area contributed by atoms with Gasteiger partial charge in [0.1, 0.15) is 0 Å². The van der Waals surface area contributed by atoms with Crippen LogP contribution in [0.4, 0.5) is 0 Å². The van der Waals surface area contributed by atoms with E-state index in [1.807, 2.05) is 55.7 Å². The second-order valence-corrected chi connectivity index (χ2v) is 7.50. The molecule has 2 aromatic rings. The zero-order valence-corrected chi connectivity index (χ0v) is 14.1. The lowest BCUT2D eigenvalue weighted by atomic mass is 10.1. The maximum absolute atomic E-state index is 12.4. The van der Waals surface area contributed by atoms with E-state index < -0.39 is 7.92 Å². The van der Waals surface area contributed by atoms with E-state index in [-0.39, 0.29) is 19.1 Å². The highest BCUT2D eigenvalue weighted by molar-refractivity contribution is 7.76. The van der Waals surface area contributed by atoms with Crippen LogP contribution in [0.5, 0.6) is 0 Å². The van der Waals surface area contributed by atoms with E-state index in [9.17, 15) is 4.79 Å². The zero-order chi connectivity index (χ0) is 16.8. The Bertz CT molecular complexity index is 608. The van der Waals surface area contributed by atoms with Crippen molar-refractivity contribution in [1.29, 1.82) is 0 Å². The minimum atomic E-state index is -0.801. The van der Waals surface area contributed by atoms with Crippen LogP contribution in [0.15, 0.2) is 60.7 Å². The molecule has 1 fully saturated rings. The van der Waals surface area contributed by atoms with Gasteiger partial charge in [0.25, 0.3) is 0 Å². The Morgan fingerprint density at radius 3 is 2.04 bits per heavy atom. The molecule has 0 heterocycles. The van der Waals surface area contributed by atoms with Gasteiger partial charge in [0.2, 0.25) is 5.91 Å². The van der Waals surface area contributed by atoms with Crippen LogP contribution in [0, 0.1) is 30.8 Å².